The topological polar surface area (TPSA) is 70.5 Å². The maximum Gasteiger partial charge on any atom is 0.213 e. The third kappa shape index (κ3) is 3.56. The molecule has 0 bridgehead atoms. The van der Waals surface area contributed by atoms with Crippen molar-refractivity contribution in [3.05, 3.63) is 29.3 Å². The lowest BCUT2D eigenvalue weighted by Crippen LogP contribution is -2.29. The minimum Gasteiger partial charge on any atom is -0.481 e. The Labute approximate surface area is 154 Å². The van der Waals surface area contributed by atoms with Gasteiger partial charge in [-0.3, -0.25) is 0 Å². The largest absolute Gasteiger partial charge is 0.481 e. The third-order valence-corrected chi connectivity index (χ3v) is 6.52. The normalized spacial score (nSPS) is 16.2. The molecule has 3 aromatic heterocycles. The van der Waals surface area contributed by atoms with E-state index < -0.39 is 6.23 Å². The van der Waals surface area contributed by atoms with Gasteiger partial charge >= 0.3 is 0 Å². The summed E-state index contributed by atoms with van der Waals surface area (Å²) in [7, 11) is 1.58. The Morgan fingerprint density at radius 3 is 2.76 bits per heavy atom. The molecule has 2 N–H and O–H groups in total. The summed E-state index contributed by atoms with van der Waals surface area (Å²) in [6.45, 7) is 2.20. The highest BCUT2D eigenvalue weighted by atomic mass is 32.1. The summed E-state index contributed by atoms with van der Waals surface area (Å²) >= 11 is 3.24. The molecule has 1 aliphatic heterocycles. The van der Waals surface area contributed by atoms with E-state index in [0.29, 0.717) is 5.88 Å². The van der Waals surface area contributed by atoms with Crippen molar-refractivity contribution < 1.29 is 9.84 Å². The number of aromatic nitrogens is 2. The number of nitrogens with one attached hydrogen (secondary N) is 1. The van der Waals surface area contributed by atoms with Gasteiger partial charge in [0.05, 0.1) is 28.6 Å². The van der Waals surface area contributed by atoms with E-state index in [4.69, 9.17) is 9.72 Å². The fourth-order valence-electron chi connectivity index (χ4n) is 2.91. The van der Waals surface area contributed by atoms with Crippen LogP contribution in [-0.4, -0.2) is 35.3 Å². The number of hydrogen-bond donors (Lipinski definition) is 2. The molecule has 4 rings (SSSR count). The molecule has 0 spiro atoms. The second kappa shape index (κ2) is 7.15. The van der Waals surface area contributed by atoms with E-state index in [1.165, 1.54) is 30.6 Å². The van der Waals surface area contributed by atoms with E-state index in [-0.39, 0.29) is 0 Å². The smallest absolute Gasteiger partial charge is 0.213 e. The Balaban J connectivity index is 1.47. The molecule has 6 nitrogen and oxygen atoms in total. The molecule has 1 unspecified atom stereocenters. The van der Waals surface area contributed by atoms with Gasteiger partial charge in [-0.2, -0.15) is 0 Å². The van der Waals surface area contributed by atoms with Crippen molar-refractivity contribution in [1.82, 2.24) is 9.97 Å². The Hall–Kier alpha value is -1.90. The van der Waals surface area contributed by atoms with Crippen LogP contribution in [0.4, 0.5) is 10.8 Å². The van der Waals surface area contributed by atoms with Gasteiger partial charge in [0.25, 0.3) is 0 Å². The van der Waals surface area contributed by atoms with E-state index in [1.807, 2.05) is 12.1 Å². The molecule has 0 amide bonds. The first-order valence-corrected chi connectivity index (χ1v) is 9.96. The summed E-state index contributed by atoms with van der Waals surface area (Å²) in [6.07, 6.45) is 4.68. The number of thiophene rings is 1. The number of piperidine rings is 1. The minimum absolute atomic E-state index is 0.547. The maximum atomic E-state index is 10.4. The van der Waals surface area contributed by atoms with Gasteiger partial charge in [-0.1, -0.05) is 11.3 Å². The molecular weight excluding hydrogens is 356 g/mol. The molecule has 4 heterocycles. The summed E-state index contributed by atoms with van der Waals surface area (Å²) in [5.41, 5.74) is 0.743. The summed E-state index contributed by atoms with van der Waals surface area (Å²) in [6, 6.07) is 5.62. The monoisotopic (exact) mass is 376 g/mol. The highest BCUT2D eigenvalue weighted by Crippen LogP contribution is 2.37. The lowest BCUT2D eigenvalue weighted by Gasteiger charge is -2.25. The van der Waals surface area contributed by atoms with Crippen LogP contribution in [0.2, 0.25) is 0 Å². The first-order chi connectivity index (χ1) is 12.2. The van der Waals surface area contributed by atoms with Gasteiger partial charge in [0, 0.05) is 19.2 Å². The van der Waals surface area contributed by atoms with Crippen molar-refractivity contribution in [3.8, 4) is 5.88 Å². The molecular formula is C17H20N4O2S2. The van der Waals surface area contributed by atoms with Crippen molar-refractivity contribution in [3.63, 3.8) is 0 Å². The number of methoxy groups -OCH3 is 1. The number of aliphatic hydroxyl groups excluding tert-OH is 1. The van der Waals surface area contributed by atoms with Gasteiger partial charge < -0.3 is 20.1 Å². The number of hydrogen-bond acceptors (Lipinski definition) is 8. The van der Waals surface area contributed by atoms with Crippen molar-refractivity contribution in [2.24, 2.45) is 0 Å². The molecule has 132 valence electrons. The number of anilines is 2. The quantitative estimate of drug-likeness (QED) is 0.659. The van der Waals surface area contributed by atoms with Crippen molar-refractivity contribution in [2.75, 3.05) is 30.4 Å². The first kappa shape index (κ1) is 16.6. The molecule has 0 saturated carbocycles. The lowest BCUT2D eigenvalue weighted by molar-refractivity contribution is 0.212. The summed E-state index contributed by atoms with van der Waals surface area (Å²) in [5, 5.41) is 14.6. The molecule has 8 heteroatoms. The van der Waals surface area contributed by atoms with Crippen LogP contribution in [0, 0.1) is 0 Å². The van der Waals surface area contributed by atoms with Gasteiger partial charge in [-0.15, -0.1) is 11.3 Å². The predicted octanol–water partition coefficient (Wildman–Crippen LogP) is 3.85. The van der Waals surface area contributed by atoms with E-state index >= 15 is 0 Å². The van der Waals surface area contributed by atoms with Crippen LogP contribution in [0.5, 0.6) is 5.88 Å². The van der Waals surface area contributed by atoms with E-state index in [0.717, 1.165) is 38.3 Å². The van der Waals surface area contributed by atoms with E-state index in [2.05, 4.69) is 15.2 Å². The SMILES string of the molecule is COc1ccc(NC(O)c2cc3sc(N4CCCCC4)nc3s2)cn1. The molecule has 0 radical (unpaired) electrons. The first-order valence-electron chi connectivity index (χ1n) is 8.33. The average molecular weight is 377 g/mol. The maximum absolute atomic E-state index is 10.4. The van der Waals surface area contributed by atoms with Crippen LogP contribution in [0.15, 0.2) is 24.4 Å². The van der Waals surface area contributed by atoms with E-state index in [9.17, 15) is 5.11 Å². The second-order valence-electron chi connectivity index (χ2n) is 6.00. The Bertz CT molecular complexity index is 809. The van der Waals surface area contributed by atoms with E-state index in [1.54, 1.807) is 30.7 Å². The fourth-order valence-corrected chi connectivity index (χ4v) is 5.12. The number of rotatable bonds is 5. The number of nitrogens with zero attached hydrogens (tertiary/aromatic N) is 3. The van der Waals surface area contributed by atoms with Crippen molar-refractivity contribution >= 4 is 43.0 Å². The van der Waals surface area contributed by atoms with Crippen molar-refractivity contribution in [2.45, 2.75) is 25.5 Å². The van der Waals surface area contributed by atoms with Gasteiger partial charge in [0.2, 0.25) is 5.88 Å². The average Bonchev–Trinajstić information content (AvgIpc) is 3.22. The molecule has 25 heavy (non-hydrogen) atoms. The number of fused-ring (bicyclic) bond motifs is 1. The van der Waals surface area contributed by atoms with Gasteiger partial charge in [0.1, 0.15) is 4.83 Å². The zero-order valence-corrected chi connectivity index (χ0v) is 15.6. The highest BCUT2D eigenvalue weighted by Gasteiger charge is 2.18. The lowest BCUT2D eigenvalue weighted by atomic mass is 10.1. The standard InChI is InChI=1S/C17H20N4O2S2/c1-23-14-6-5-11(10-18-14)19-15(22)12-9-13-16(24-12)20-17(25-13)21-7-3-2-4-8-21/h5-6,9-10,15,19,22H,2-4,7-8H2,1H3. The Morgan fingerprint density at radius 1 is 1.24 bits per heavy atom. The number of aliphatic hydroxyl groups is 1. The highest BCUT2D eigenvalue weighted by molar-refractivity contribution is 7.29. The summed E-state index contributed by atoms with van der Waals surface area (Å²) in [5.74, 6) is 0.547. The number of thiazole rings is 1. The zero-order chi connectivity index (χ0) is 17.2. The van der Waals surface area contributed by atoms with Crippen LogP contribution in [0.1, 0.15) is 30.4 Å². The van der Waals surface area contributed by atoms with Gasteiger partial charge in [-0.25, -0.2) is 9.97 Å². The van der Waals surface area contributed by atoms with Crippen LogP contribution in [0.3, 0.4) is 0 Å². The molecule has 1 atom stereocenters. The summed E-state index contributed by atoms with van der Waals surface area (Å²) in [4.78, 5) is 13.1. The molecule has 0 aromatic carbocycles. The fraction of sp³-hybridized carbons (Fsp3) is 0.412. The molecule has 1 saturated heterocycles. The minimum atomic E-state index is -0.778. The van der Waals surface area contributed by atoms with Gasteiger partial charge in [-0.05, 0) is 31.4 Å². The molecule has 3 aromatic rings. The Kier molecular flexibility index (Phi) is 4.74. The van der Waals surface area contributed by atoms with Crippen LogP contribution in [-0.2, 0) is 0 Å². The zero-order valence-electron chi connectivity index (χ0n) is 13.9. The molecule has 0 aliphatic carbocycles. The Morgan fingerprint density at radius 2 is 2.08 bits per heavy atom. The summed E-state index contributed by atoms with van der Waals surface area (Å²) < 4.78 is 6.17. The molecule has 1 aliphatic rings. The van der Waals surface area contributed by atoms with Crippen LogP contribution >= 0.6 is 22.7 Å². The van der Waals surface area contributed by atoms with Crippen LogP contribution in [0.25, 0.3) is 9.53 Å². The van der Waals surface area contributed by atoms with Crippen LogP contribution < -0.4 is 15.0 Å². The third-order valence-electron chi connectivity index (χ3n) is 4.24. The second-order valence-corrected chi connectivity index (χ2v) is 8.07. The number of pyridine rings is 1. The molecule has 1 fully saturated rings. The predicted molar refractivity (Wildman–Crippen MR) is 103 cm³/mol. The van der Waals surface area contributed by atoms with Crippen molar-refractivity contribution in [1.29, 1.82) is 0 Å². The van der Waals surface area contributed by atoms with Gasteiger partial charge in [0.15, 0.2) is 11.4 Å². The number of ether oxygens (including phenoxy) is 1.